The van der Waals surface area contributed by atoms with E-state index in [-0.39, 0.29) is 6.10 Å². The molecule has 1 aromatic carbocycles. The summed E-state index contributed by atoms with van der Waals surface area (Å²) >= 11 is 3.43. The molecule has 0 radical (unpaired) electrons. The van der Waals surface area contributed by atoms with Crippen LogP contribution in [0.25, 0.3) is 0 Å². The first kappa shape index (κ1) is 10.3. The van der Waals surface area contributed by atoms with Crippen LogP contribution in [0.4, 0.5) is 0 Å². The predicted molar refractivity (Wildman–Crippen MR) is 61.9 cm³/mol. The first-order valence-corrected chi connectivity index (χ1v) is 5.51. The van der Waals surface area contributed by atoms with Crippen molar-refractivity contribution in [2.24, 2.45) is 0 Å². The van der Waals surface area contributed by atoms with Crippen LogP contribution in [0.1, 0.15) is 18.8 Å². The van der Waals surface area contributed by atoms with Gasteiger partial charge < -0.3 is 9.15 Å². The molecule has 2 nitrogen and oxygen atoms in total. The largest absolute Gasteiger partial charge is 0.482 e. The van der Waals surface area contributed by atoms with Gasteiger partial charge in [0.15, 0.2) is 6.10 Å². The molecule has 2 rings (SSSR count). The van der Waals surface area contributed by atoms with E-state index in [1.807, 2.05) is 43.3 Å². The van der Waals surface area contributed by atoms with Gasteiger partial charge in [0.1, 0.15) is 11.5 Å². The lowest BCUT2D eigenvalue weighted by Crippen LogP contribution is -2.01. The maximum atomic E-state index is 5.75. The highest BCUT2D eigenvalue weighted by Gasteiger charge is 2.11. The summed E-state index contributed by atoms with van der Waals surface area (Å²) in [5.74, 6) is 1.65. The smallest absolute Gasteiger partial charge is 0.153 e. The van der Waals surface area contributed by atoms with E-state index in [1.54, 1.807) is 6.26 Å². The third-order valence-corrected chi connectivity index (χ3v) is 2.74. The summed E-state index contributed by atoms with van der Waals surface area (Å²) in [6.45, 7) is 1.96. The summed E-state index contributed by atoms with van der Waals surface area (Å²) in [5, 5.41) is 0. The van der Waals surface area contributed by atoms with Crippen molar-refractivity contribution < 1.29 is 9.15 Å². The molecule has 0 aliphatic rings. The lowest BCUT2D eigenvalue weighted by atomic mass is 10.3. The lowest BCUT2D eigenvalue weighted by Gasteiger charge is -2.13. The second kappa shape index (κ2) is 4.53. The molecule has 0 N–H and O–H groups in total. The highest BCUT2D eigenvalue weighted by molar-refractivity contribution is 9.10. The van der Waals surface area contributed by atoms with Crippen molar-refractivity contribution in [2.45, 2.75) is 13.0 Å². The van der Waals surface area contributed by atoms with Crippen LogP contribution < -0.4 is 4.74 Å². The summed E-state index contributed by atoms with van der Waals surface area (Å²) in [4.78, 5) is 0. The number of furan rings is 1. The number of hydrogen-bond donors (Lipinski definition) is 0. The third-order valence-electron chi connectivity index (χ3n) is 2.08. The molecule has 2 aromatic rings. The maximum Gasteiger partial charge on any atom is 0.153 e. The van der Waals surface area contributed by atoms with Crippen molar-refractivity contribution in [1.82, 2.24) is 0 Å². The van der Waals surface area contributed by atoms with Crippen LogP contribution >= 0.6 is 15.9 Å². The third kappa shape index (κ3) is 2.42. The molecule has 0 bridgehead atoms. The zero-order valence-electron chi connectivity index (χ0n) is 8.31. The Kier molecular flexibility index (Phi) is 3.11. The molecule has 0 saturated heterocycles. The maximum absolute atomic E-state index is 5.75. The Bertz CT molecular complexity index is 423. The van der Waals surface area contributed by atoms with E-state index < -0.39 is 0 Å². The first-order valence-electron chi connectivity index (χ1n) is 4.72. The number of ether oxygens (including phenoxy) is 1. The molecule has 0 spiro atoms. The molecular formula is C12H11BrO2. The van der Waals surface area contributed by atoms with Crippen LogP contribution in [-0.4, -0.2) is 0 Å². The van der Waals surface area contributed by atoms with E-state index in [0.717, 1.165) is 16.0 Å². The van der Waals surface area contributed by atoms with Gasteiger partial charge in [0, 0.05) is 0 Å². The Morgan fingerprint density at radius 2 is 2.00 bits per heavy atom. The SMILES string of the molecule is CC(Oc1ccccc1Br)c1ccco1. The minimum Gasteiger partial charge on any atom is -0.482 e. The van der Waals surface area contributed by atoms with Gasteiger partial charge in [-0.1, -0.05) is 12.1 Å². The van der Waals surface area contributed by atoms with Gasteiger partial charge in [-0.3, -0.25) is 0 Å². The molecular weight excluding hydrogens is 256 g/mol. The van der Waals surface area contributed by atoms with Crippen LogP contribution in [0.2, 0.25) is 0 Å². The summed E-state index contributed by atoms with van der Waals surface area (Å²) in [5.41, 5.74) is 0. The molecule has 1 unspecified atom stereocenters. The molecule has 1 atom stereocenters. The average Bonchev–Trinajstić information content (AvgIpc) is 2.74. The Morgan fingerprint density at radius 1 is 1.20 bits per heavy atom. The summed E-state index contributed by atoms with van der Waals surface area (Å²) in [7, 11) is 0. The Morgan fingerprint density at radius 3 is 2.67 bits per heavy atom. The fourth-order valence-corrected chi connectivity index (χ4v) is 1.69. The van der Waals surface area contributed by atoms with Gasteiger partial charge in [0.05, 0.1) is 10.7 Å². The van der Waals surface area contributed by atoms with Gasteiger partial charge in [-0.05, 0) is 47.1 Å². The van der Waals surface area contributed by atoms with Crippen LogP contribution in [-0.2, 0) is 0 Å². The normalized spacial score (nSPS) is 12.4. The second-order valence-electron chi connectivity index (χ2n) is 3.21. The Labute approximate surface area is 97.0 Å². The number of halogens is 1. The van der Waals surface area contributed by atoms with Crippen LogP contribution in [0.3, 0.4) is 0 Å². The van der Waals surface area contributed by atoms with Crippen molar-refractivity contribution in [3.05, 3.63) is 52.9 Å². The molecule has 0 aliphatic heterocycles. The van der Waals surface area contributed by atoms with Gasteiger partial charge in [0.2, 0.25) is 0 Å². The first-order chi connectivity index (χ1) is 7.27. The second-order valence-corrected chi connectivity index (χ2v) is 4.06. The molecule has 15 heavy (non-hydrogen) atoms. The van der Waals surface area contributed by atoms with Crippen LogP contribution in [0.5, 0.6) is 5.75 Å². The summed E-state index contributed by atoms with van der Waals surface area (Å²) in [6.07, 6.45) is 1.56. The predicted octanol–water partition coefficient (Wildman–Crippen LogP) is 4.18. The summed E-state index contributed by atoms with van der Waals surface area (Å²) in [6, 6.07) is 11.5. The minimum absolute atomic E-state index is 0.0845. The fraction of sp³-hybridized carbons (Fsp3) is 0.167. The van der Waals surface area contributed by atoms with E-state index in [1.165, 1.54) is 0 Å². The van der Waals surface area contributed by atoms with Gasteiger partial charge in [-0.25, -0.2) is 0 Å². The van der Waals surface area contributed by atoms with Gasteiger partial charge in [-0.2, -0.15) is 0 Å². The van der Waals surface area contributed by atoms with E-state index in [2.05, 4.69) is 15.9 Å². The van der Waals surface area contributed by atoms with Crippen molar-refractivity contribution in [3.63, 3.8) is 0 Å². The molecule has 1 heterocycles. The molecule has 0 aliphatic carbocycles. The van der Waals surface area contributed by atoms with E-state index >= 15 is 0 Å². The molecule has 3 heteroatoms. The highest BCUT2D eigenvalue weighted by atomic mass is 79.9. The number of benzene rings is 1. The number of para-hydroxylation sites is 1. The minimum atomic E-state index is -0.0845. The highest BCUT2D eigenvalue weighted by Crippen LogP contribution is 2.28. The van der Waals surface area contributed by atoms with Crippen molar-refractivity contribution >= 4 is 15.9 Å². The lowest BCUT2D eigenvalue weighted by molar-refractivity contribution is 0.194. The topological polar surface area (TPSA) is 22.4 Å². The number of rotatable bonds is 3. The van der Waals surface area contributed by atoms with Crippen LogP contribution in [0.15, 0.2) is 51.6 Å². The van der Waals surface area contributed by atoms with Crippen molar-refractivity contribution in [1.29, 1.82) is 0 Å². The molecule has 0 fully saturated rings. The van der Waals surface area contributed by atoms with E-state index in [4.69, 9.17) is 9.15 Å². The quantitative estimate of drug-likeness (QED) is 0.832. The fourth-order valence-electron chi connectivity index (χ4n) is 1.31. The van der Waals surface area contributed by atoms with Crippen LogP contribution in [0, 0.1) is 0 Å². The van der Waals surface area contributed by atoms with Gasteiger partial charge in [-0.15, -0.1) is 0 Å². The summed E-state index contributed by atoms with van der Waals surface area (Å²) < 4.78 is 12.0. The molecule has 1 aromatic heterocycles. The molecule has 0 amide bonds. The average molecular weight is 267 g/mol. The zero-order chi connectivity index (χ0) is 10.7. The zero-order valence-corrected chi connectivity index (χ0v) is 9.90. The van der Waals surface area contributed by atoms with Crippen molar-refractivity contribution in [2.75, 3.05) is 0 Å². The van der Waals surface area contributed by atoms with E-state index in [9.17, 15) is 0 Å². The monoisotopic (exact) mass is 266 g/mol. The van der Waals surface area contributed by atoms with E-state index in [0.29, 0.717) is 0 Å². The van der Waals surface area contributed by atoms with Gasteiger partial charge >= 0.3 is 0 Å². The Hall–Kier alpha value is -1.22. The number of hydrogen-bond acceptors (Lipinski definition) is 2. The van der Waals surface area contributed by atoms with Crippen molar-refractivity contribution in [3.8, 4) is 5.75 Å². The Balaban J connectivity index is 2.13. The standard InChI is InChI=1S/C12H11BrO2/c1-9(11-7-4-8-14-11)15-12-6-3-2-5-10(12)13/h2-9H,1H3. The molecule has 0 saturated carbocycles. The molecule has 78 valence electrons. The van der Waals surface area contributed by atoms with Gasteiger partial charge in [0.25, 0.3) is 0 Å².